The number of pyridine rings is 1. The van der Waals surface area contributed by atoms with Crippen molar-refractivity contribution >= 4 is 15.9 Å². The second kappa shape index (κ2) is 7.41. The van der Waals surface area contributed by atoms with Crippen molar-refractivity contribution < 1.29 is 4.74 Å². The molecule has 106 valence electrons. The lowest BCUT2D eigenvalue weighted by atomic mass is 10.2. The number of ether oxygens (including phenoxy) is 1. The monoisotopic (exact) mass is 334 g/mol. The summed E-state index contributed by atoms with van der Waals surface area (Å²) in [5.74, 6) is 0.834. The lowest BCUT2D eigenvalue weighted by molar-refractivity contribution is 0.300. The van der Waals surface area contributed by atoms with Crippen LogP contribution in [0, 0.1) is 0 Å². The van der Waals surface area contributed by atoms with Gasteiger partial charge in [0.1, 0.15) is 12.4 Å². The first kappa shape index (κ1) is 15.0. The standard InChI is InChI=1S/C16H19BrN2O/c1-12(2)19-9-14-6-7-18-10-16(14)20-11-13-4-3-5-15(17)8-13/h3-8,10,12,19H,9,11H2,1-2H3. The van der Waals surface area contributed by atoms with E-state index in [0.29, 0.717) is 12.6 Å². The maximum Gasteiger partial charge on any atom is 0.142 e. The van der Waals surface area contributed by atoms with Gasteiger partial charge in [0.15, 0.2) is 0 Å². The summed E-state index contributed by atoms with van der Waals surface area (Å²) in [6.45, 7) is 5.58. The van der Waals surface area contributed by atoms with Crippen LogP contribution in [-0.2, 0) is 13.2 Å². The molecular weight excluding hydrogens is 316 g/mol. The highest BCUT2D eigenvalue weighted by atomic mass is 79.9. The largest absolute Gasteiger partial charge is 0.487 e. The topological polar surface area (TPSA) is 34.2 Å². The third-order valence-electron chi connectivity index (χ3n) is 2.85. The van der Waals surface area contributed by atoms with Crippen molar-refractivity contribution in [2.45, 2.75) is 33.0 Å². The van der Waals surface area contributed by atoms with Crippen LogP contribution in [0.1, 0.15) is 25.0 Å². The predicted molar refractivity (Wildman–Crippen MR) is 84.7 cm³/mol. The van der Waals surface area contributed by atoms with Crippen molar-refractivity contribution in [2.75, 3.05) is 0 Å². The fourth-order valence-corrected chi connectivity index (χ4v) is 2.23. The quantitative estimate of drug-likeness (QED) is 0.869. The Morgan fingerprint density at radius 2 is 2.15 bits per heavy atom. The summed E-state index contributed by atoms with van der Waals surface area (Å²) >= 11 is 3.47. The molecule has 1 N–H and O–H groups in total. The average molecular weight is 335 g/mol. The molecule has 0 aliphatic carbocycles. The second-order valence-corrected chi connectivity index (χ2v) is 5.85. The number of hydrogen-bond acceptors (Lipinski definition) is 3. The molecule has 1 aromatic carbocycles. The van der Waals surface area contributed by atoms with E-state index in [0.717, 1.165) is 27.9 Å². The first-order chi connectivity index (χ1) is 9.65. The lowest BCUT2D eigenvalue weighted by Gasteiger charge is -2.13. The fourth-order valence-electron chi connectivity index (χ4n) is 1.79. The third-order valence-corrected chi connectivity index (χ3v) is 3.35. The summed E-state index contributed by atoms with van der Waals surface area (Å²) in [5.41, 5.74) is 2.26. The fraction of sp³-hybridized carbons (Fsp3) is 0.312. The van der Waals surface area contributed by atoms with Gasteiger partial charge in [-0.25, -0.2) is 0 Å². The minimum atomic E-state index is 0.445. The molecule has 1 heterocycles. The average Bonchev–Trinajstić information content (AvgIpc) is 2.44. The maximum absolute atomic E-state index is 5.89. The highest BCUT2D eigenvalue weighted by Gasteiger charge is 2.05. The molecule has 0 atom stereocenters. The van der Waals surface area contributed by atoms with Crippen LogP contribution in [0.15, 0.2) is 47.2 Å². The molecule has 0 fully saturated rings. The van der Waals surface area contributed by atoms with E-state index in [1.165, 1.54) is 0 Å². The van der Waals surface area contributed by atoms with Crippen LogP contribution in [0.4, 0.5) is 0 Å². The highest BCUT2D eigenvalue weighted by molar-refractivity contribution is 9.10. The minimum absolute atomic E-state index is 0.445. The lowest BCUT2D eigenvalue weighted by Crippen LogP contribution is -2.22. The van der Waals surface area contributed by atoms with Crippen molar-refractivity contribution in [1.29, 1.82) is 0 Å². The van der Waals surface area contributed by atoms with Crippen molar-refractivity contribution in [3.05, 3.63) is 58.3 Å². The van der Waals surface area contributed by atoms with Crippen LogP contribution in [-0.4, -0.2) is 11.0 Å². The van der Waals surface area contributed by atoms with Gasteiger partial charge in [-0.05, 0) is 23.8 Å². The minimum Gasteiger partial charge on any atom is -0.487 e. The maximum atomic E-state index is 5.89. The molecule has 0 saturated heterocycles. The van der Waals surface area contributed by atoms with Crippen LogP contribution in [0.25, 0.3) is 0 Å². The predicted octanol–water partition coefficient (Wildman–Crippen LogP) is 3.92. The second-order valence-electron chi connectivity index (χ2n) is 4.94. The van der Waals surface area contributed by atoms with Gasteiger partial charge in [-0.1, -0.05) is 41.9 Å². The smallest absolute Gasteiger partial charge is 0.142 e. The molecule has 1 aromatic heterocycles. The summed E-state index contributed by atoms with van der Waals surface area (Å²) < 4.78 is 6.95. The zero-order valence-electron chi connectivity index (χ0n) is 11.8. The Bertz CT molecular complexity index is 558. The molecule has 0 unspecified atom stereocenters. The zero-order valence-corrected chi connectivity index (χ0v) is 13.4. The molecule has 3 nitrogen and oxygen atoms in total. The van der Waals surface area contributed by atoms with E-state index < -0.39 is 0 Å². The van der Waals surface area contributed by atoms with E-state index in [1.807, 2.05) is 24.3 Å². The SMILES string of the molecule is CC(C)NCc1ccncc1OCc1cccc(Br)c1. The summed E-state index contributed by atoms with van der Waals surface area (Å²) in [6.07, 6.45) is 3.57. The molecule has 2 aromatic rings. The molecule has 4 heteroatoms. The van der Waals surface area contributed by atoms with E-state index in [4.69, 9.17) is 4.74 Å². The first-order valence-electron chi connectivity index (χ1n) is 6.68. The van der Waals surface area contributed by atoms with Crippen LogP contribution in [0.2, 0.25) is 0 Å². The van der Waals surface area contributed by atoms with Gasteiger partial charge in [0.2, 0.25) is 0 Å². The van der Waals surface area contributed by atoms with Crippen molar-refractivity contribution in [2.24, 2.45) is 0 Å². The zero-order chi connectivity index (χ0) is 14.4. The van der Waals surface area contributed by atoms with Gasteiger partial charge in [0.25, 0.3) is 0 Å². The Hall–Kier alpha value is -1.39. The van der Waals surface area contributed by atoms with E-state index in [1.54, 1.807) is 12.4 Å². The number of rotatable bonds is 6. The van der Waals surface area contributed by atoms with Crippen LogP contribution in [0.5, 0.6) is 5.75 Å². The Morgan fingerprint density at radius 1 is 1.30 bits per heavy atom. The van der Waals surface area contributed by atoms with Gasteiger partial charge in [-0.15, -0.1) is 0 Å². The normalized spacial score (nSPS) is 10.8. The van der Waals surface area contributed by atoms with Gasteiger partial charge in [0.05, 0.1) is 6.20 Å². The summed E-state index contributed by atoms with van der Waals surface area (Å²) in [5, 5.41) is 3.39. The molecule has 0 aliphatic rings. The third kappa shape index (κ3) is 4.62. The highest BCUT2D eigenvalue weighted by Crippen LogP contribution is 2.19. The van der Waals surface area contributed by atoms with Gasteiger partial charge in [0, 0.05) is 28.8 Å². The van der Waals surface area contributed by atoms with Gasteiger partial charge >= 0.3 is 0 Å². The molecule has 0 amide bonds. The Kier molecular flexibility index (Phi) is 5.56. The summed E-state index contributed by atoms with van der Waals surface area (Å²) in [7, 11) is 0. The van der Waals surface area contributed by atoms with E-state index in [9.17, 15) is 0 Å². The number of halogens is 1. The van der Waals surface area contributed by atoms with Gasteiger partial charge in [-0.3, -0.25) is 4.98 Å². The van der Waals surface area contributed by atoms with Gasteiger partial charge in [-0.2, -0.15) is 0 Å². The molecule has 0 saturated carbocycles. The Morgan fingerprint density at radius 3 is 2.90 bits per heavy atom. The van der Waals surface area contributed by atoms with Crippen molar-refractivity contribution in [1.82, 2.24) is 10.3 Å². The molecule has 20 heavy (non-hydrogen) atoms. The van der Waals surface area contributed by atoms with Crippen molar-refractivity contribution in [3.8, 4) is 5.75 Å². The van der Waals surface area contributed by atoms with Crippen LogP contribution in [0.3, 0.4) is 0 Å². The molecular formula is C16H19BrN2O. The Balaban J connectivity index is 2.02. The van der Waals surface area contributed by atoms with E-state index in [2.05, 4.69) is 46.1 Å². The van der Waals surface area contributed by atoms with Crippen LogP contribution >= 0.6 is 15.9 Å². The number of nitrogens with zero attached hydrogens (tertiary/aromatic N) is 1. The Labute approximate surface area is 128 Å². The molecule has 0 radical (unpaired) electrons. The van der Waals surface area contributed by atoms with Gasteiger partial charge < -0.3 is 10.1 Å². The van der Waals surface area contributed by atoms with E-state index >= 15 is 0 Å². The number of benzene rings is 1. The number of aromatic nitrogens is 1. The number of hydrogen-bond donors (Lipinski definition) is 1. The molecule has 2 rings (SSSR count). The summed E-state index contributed by atoms with van der Waals surface area (Å²) in [4.78, 5) is 4.14. The van der Waals surface area contributed by atoms with Crippen molar-refractivity contribution in [3.63, 3.8) is 0 Å². The number of nitrogens with one attached hydrogen (secondary N) is 1. The summed E-state index contributed by atoms with van der Waals surface area (Å²) in [6, 6.07) is 10.6. The van der Waals surface area contributed by atoms with Crippen LogP contribution < -0.4 is 10.1 Å². The first-order valence-corrected chi connectivity index (χ1v) is 7.48. The molecule has 0 aliphatic heterocycles. The molecule has 0 bridgehead atoms. The van der Waals surface area contributed by atoms with E-state index in [-0.39, 0.29) is 0 Å². The molecule has 0 spiro atoms.